The Labute approximate surface area is 121 Å². The number of amides is 2. The van der Waals surface area contributed by atoms with Crippen molar-refractivity contribution in [1.29, 1.82) is 0 Å². The Morgan fingerprint density at radius 2 is 2.16 bits per heavy atom. The molecule has 0 spiro atoms. The Bertz CT molecular complexity index is 310. The van der Waals surface area contributed by atoms with Crippen LogP contribution in [-0.2, 0) is 4.74 Å². The van der Waals surface area contributed by atoms with Gasteiger partial charge in [-0.25, -0.2) is 4.79 Å². The highest BCUT2D eigenvalue weighted by atomic mass is 32.2. The summed E-state index contributed by atoms with van der Waals surface area (Å²) in [6.45, 7) is 11.3. The number of nitrogens with zero attached hydrogens (tertiary/aromatic N) is 1. The molecule has 1 rings (SSSR count). The van der Waals surface area contributed by atoms with Gasteiger partial charge < -0.3 is 15.0 Å². The van der Waals surface area contributed by atoms with Crippen LogP contribution in [0.15, 0.2) is 0 Å². The van der Waals surface area contributed by atoms with Crippen LogP contribution in [-0.4, -0.2) is 53.3 Å². The van der Waals surface area contributed by atoms with Gasteiger partial charge in [0.05, 0.1) is 5.60 Å². The average molecular weight is 288 g/mol. The van der Waals surface area contributed by atoms with Gasteiger partial charge in [-0.2, -0.15) is 11.8 Å². The van der Waals surface area contributed by atoms with Crippen LogP contribution < -0.4 is 5.32 Å². The molecule has 5 heteroatoms. The zero-order valence-corrected chi connectivity index (χ0v) is 13.8. The van der Waals surface area contributed by atoms with Crippen molar-refractivity contribution in [3.8, 4) is 0 Å². The van der Waals surface area contributed by atoms with Gasteiger partial charge in [-0.1, -0.05) is 6.92 Å². The third-order valence-electron chi connectivity index (χ3n) is 3.86. The molecule has 0 aromatic carbocycles. The van der Waals surface area contributed by atoms with Crippen molar-refractivity contribution in [3.05, 3.63) is 0 Å². The maximum atomic E-state index is 12.3. The van der Waals surface area contributed by atoms with Crippen molar-refractivity contribution >= 4 is 17.8 Å². The molecular weight excluding hydrogens is 260 g/mol. The fraction of sp³-hybridized carbons (Fsp3) is 0.929. The highest BCUT2D eigenvalue weighted by molar-refractivity contribution is 8.00. The number of rotatable bonds is 4. The van der Waals surface area contributed by atoms with Crippen LogP contribution in [0.5, 0.6) is 0 Å². The molecule has 1 aliphatic rings. The lowest BCUT2D eigenvalue weighted by Gasteiger charge is -2.38. The van der Waals surface area contributed by atoms with Crippen molar-refractivity contribution < 1.29 is 9.53 Å². The highest BCUT2D eigenvalue weighted by Crippen LogP contribution is 2.24. The van der Waals surface area contributed by atoms with Gasteiger partial charge in [0.25, 0.3) is 0 Å². The summed E-state index contributed by atoms with van der Waals surface area (Å²) >= 11 is 1.94. The van der Waals surface area contributed by atoms with E-state index in [9.17, 15) is 4.79 Å². The van der Waals surface area contributed by atoms with Gasteiger partial charge in [0.2, 0.25) is 0 Å². The highest BCUT2D eigenvalue weighted by Gasteiger charge is 2.30. The van der Waals surface area contributed by atoms with Gasteiger partial charge in [0, 0.05) is 36.7 Å². The number of carbonyl (C=O) groups is 1. The standard InChI is InChI=1S/C14H28N2O2S/c1-10(9-14(4,5)18-6)15-13(17)16-7-8-19-12(3)11(16)2/h10-12H,7-9H2,1-6H3,(H,15,17)/t10-,11+,12+/m0/s1. The first-order chi connectivity index (χ1) is 8.76. The Kier molecular flexibility index (Phi) is 5.99. The second-order valence-corrected chi connectivity index (χ2v) is 7.51. The van der Waals surface area contributed by atoms with Gasteiger partial charge in [0.1, 0.15) is 0 Å². The molecule has 1 saturated heterocycles. The minimum absolute atomic E-state index is 0.0547. The molecule has 2 amide bonds. The summed E-state index contributed by atoms with van der Waals surface area (Å²) in [4.78, 5) is 14.3. The minimum atomic E-state index is -0.205. The van der Waals surface area contributed by atoms with E-state index in [1.165, 1.54) is 0 Å². The Morgan fingerprint density at radius 1 is 1.53 bits per heavy atom. The van der Waals surface area contributed by atoms with Gasteiger partial charge in [-0.05, 0) is 34.1 Å². The van der Waals surface area contributed by atoms with Crippen molar-refractivity contribution in [2.45, 2.75) is 64.0 Å². The minimum Gasteiger partial charge on any atom is -0.379 e. The van der Waals surface area contributed by atoms with Crippen molar-refractivity contribution in [2.75, 3.05) is 19.4 Å². The molecule has 1 aliphatic heterocycles. The molecule has 0 radical (unpaired) electrons. The molecule has 0 saturated carbocycles. The fourth-order valence-corrected chi connectivity index (χ4v) is 3.48. The molecule has 1 N–H and O–H groups in total. The number of hydrogen-bond donors (Lipinski definition) is 1. The fourth-order valence-electron chi connectivity index (χ4n) is 2.39. The Morgan fingerprint density at radius 3 is 2.74 bits per heavy atom. The van der Waals surface area contributed by atoms with E-state index in [-0.39, 0.29) is 17.7 Å². The van der Waals surface area contributed by atoms with Crippen molar-refractivity contribution in [1.82, 2.24) is 10.2 Å². The van der Waals surface area contributed by atoms with E-state index >= 15 is 0 Å². The summed E-state index contributed by atoms with van der Waals surface area (Å²) in [7, 11) is 1.71. The smallest absolute Gasteiger partial charge is 0.317 e. The van der Waals surface area contributed by atoms with E-state index < -0.39 is 0 Å². The number of thioether (sulfide) groups is 1. The molecule has 1 fully saturated rings. The summed E-state index contributed by atoms with van der Waals surface area (Å²) in [5.74, 6) is 1.02. The molecular formula is C14H28N2O2S. The lowest BCUT2D eigenvalue weighted by atomic mass is 10.00. The number of carbonyl (C=O) groups excluding carboxylic acids is 1. The Balaban J connectivity index is 2.50. The summed E-state index contributed by atoms with van der Waals surface area (Å²) in [6.07, 6.45) is 0.807. The first kappa shape index (κ1) is 16.6. The zero-order chi connectivity index (χ0) is 14.6. The van der Waals surface area contributed by atoms with E-state index in [4.69, 9.17) is 4.74 Å². The normalized spacial score (nSPS) is 26.1. The van der Waals surface area contributed by atoms with E-state index in [0.717, 1.165) is 18.7 Å². The average Bonchev–Trinajstić information content (AvgIpc) is 2.31. The van der Waals surface area contributed by atoms with E-state index in [1.807, 2.05) is 37.4 Å². The summed E-state index contributed by atoms with van der Waals surface area (Å²) in [5, 5.41) is 3.59. The summed E-state index contributed by atoms with van der Waals surface area (Å²) in [5.41, 5.74) is -0.205. The SMILES string of the molecule is COC(C)(C)C[C@H](C)NC(=O)N1CCS[C@H](C)[C@H]1C. The molecule has 0 bridgehead atoms. The lowest BCUT2D eigenvalue weighted by molar-refractivity contribution is 0.00904. The molecule has 3 atom stereocenters. The van der Waals surface area contributed by atoms with Crippen molar-refractivity contribution in [2.24, 2.45) is 0 Å². The second kappa shape index (κ2) is 6.84. The molecule has 0 aromatic heterocycles. The van der Waals surface area contributed by atoms with Gasteiger partial charge in [-0.3, -0.25) is 0 Å². The lowest BCUT2D eigenvalue weighted by Crippen LogP contribution is -2.54. The number of hydrogen-bond acceptors (Lipinski definition) is 3. The number of ether oxygens (including phenoxy) is 1. The van der Waals surface area contributed by atoms with Crippen LogP contribution in [0.25, 0.3) is 0 Å². The van der Waals surface area contributed by atoms with Gasteiger partial charge in [0.15, 0.2) is 0 Å². The molecule has 0 aromatic rings. The summed E-state index contributed by atoms with van der Waals surface area (Å²) in [6, 6.07) is 0.458. The number of urea groups is 1. The second-order valence-electron chi connectivity index (χ2n) is 6.03. The first-order valence-electron chi connectivity index (χ1n) is 7.00. The maximum absolute atomic E-state index is 12.3. The third-order valence-corrected chi connectivity index (χ3v) is 5.20. The molecule has 1 heterocycles. The van der Waals surface area contributed by atoms with Crippen LogP contribution in [0.4, 0.5) is 4.79 Å². The molecule has 19 heavy (non-hydrogen) atoms. The predicted molar refractivity (Wildman–Crippen MR) is 81.8 cm³/mol. The monoisotopic (exact) mass is 288 g/mol. The van der Waals surface area contributed by atoms with Crippen LogP contribution in [0.3, 0.4) is 0 Å². The number of nitrogens with one attached hydrogen (secondary N) is 1. The maximum Gasteiger partial charge on any atom is 0.317 e. The van der Waals surface area contributed by atoms with Gasteiger partial charge in [-0.15, -0.1) is 0 Å². The van der Waals surface area contributed by atoms with Gasteiger partial charge >= 0.3 is 6.03 Å². The number of methoxy groups -OCH3 is 1. The van der Waals surface area contributed by atoms with Crippen LogP contribution in [0.1, 0.15) is 41.0 Å². The van der Waals surface area contributed by atoms with Crippen LogP contribution in [0, 0.1) is 0 Å². The summed E-state index contributed by atoms with van der Waals surface area (Å²) < 4.78 is 5.41. The van der Waals surface area contributed by atoms with Crippen LogP contribution >= 0.6 is 11.8 Å². The predicted octanol–water partition coefficient (Wildman–Crippen LogP) is 2.73. The van der Waals surface area contributed by atoms with E-state index in [2.05, 4.69) is 19.2 Å². The molecule has 0 aliphatic carbocycles. The van der Waals surface area contributed by atoms with Crippen molar-refractivity contribution in [3.63, 3.8) is 0 Å². The first-order valence-corrected chi connectivity index (χ1v) is 8.05. The zero-order valence-electron chi connectivity index (χ0n) is 13.0. The van der Waals surface area contributed by atoms with E-state index in [0.29, 0.717) is 11.3 Å². The third kappa shape index (κ3) is 4.88. The topological polar surface area (TPSA) is 41.6 Å². The quantitative estimate of drug-likeness (QED) is 0.865. The Hall–Kier alpha value is -0.420. The molecule has 112 valence electrons. The molecule has 4 nitrogen and oxygen atoms in total. The van der Waals surface area contributed by atoms with E-state index in [1.54, 1.807) is 7.11 Å². The molecule has 0 unspecified atom stereocenters. The largest absolute Gasteiger partial charge is 0.379 e. The van der Waals surface area contributed by atoms with Crippen LogP contribution in [0.2, 0.25) is 0 Å².